The number of nitrogens with one attached hydrogen (secondary N) is 1. The molecule has 1 N–H and O–H groups in total. The lowest BCUT2D eigenvalue weighted by atomic mass is 10.0. The molecule has 0 aromatic heterocycles. The first-order valence-corrected chi connectivity index (χ1v) is 6.35. The zero-order chi connectivity index (χ0) is 12.3. The van der Waals surface area contributed by atoms with Gasteiger partial charge < -0.3 is 5.32 Å². The Bertz CT molecular complexity index is 361. The molecule has 0 saturated heterocycles. The Kier molecular flexibility index (Phi) is 4.93. The molecule has 0 fully saturated rings. The van der Waals surface area contributed by atoms with Crippen LogP contribution in [0.1, 0.15) is 26.3 Å². The van der Waals surface area contributed by atoms with E-state index in [1.807, 2.05) is 19.1 Å². The number of hydrogen-bond donors (Lipinski definition) is 1. The number of hydrogen-bond acceptors (Lipinski definition) is 1. The maximum Gasteiger partial charge on any atom is 0.0595 e. The lowest BCUT2D eigenvalue weighted by Gasteiger charge is -2.29. The van der Waals surface area contributed by atoms with Gasteiger partial charge in [0, 0.05) is 17.5 Å². The van der Waals surface area contributed by atoms with Crippen LogP contribution in [-0.2, 0) is 6.54 Å². The fraction of sp³-hybridized carbons (Fsp3) is 0.500. The molecule has 1 rings (SSSR count). The van der Waals surface area contributed by atoms with Gasteiger partial charge in [-0.15, -0.1) is 11.6 Å². The van der Waals surface area contributed by atoms with Crippen LogP contribution in [0.3, 0.4) is 0 Å². The van der Waals surface area contributed by atoms with Crippen molar-refractivity contribution in [3.05, 3.63) is 33.8 Å². The van der Waals surface area contributed by atoms with Gasteiger partial charge in [-0.2, -0.15) is 0 Å². The molecule has 0 aliphatic rings. The van der Waals surface area contributed by atoms with Crippen LogP contribution in [0.4, 0.5) is 0 Å². The largest absolute Gasteiger partial charge is 0.306 e. The van der Waals surface area contributed by atoms with E-state index >= 15 is 0 Å². The Morgan fingerprint density at radius 1 is 1.25 bits per heavy atom. The summed E-state index contributed by atoms with van der Waals surface area (Å²) in [6.07, 6.45) is 0. The summed E-state index contributed by atoms with van der Waals surface area (Å²) in [6.45, 7) is 6.84. The van der Waals surface area contributed by atoms with Crippen LogP contribution in [0.15, 0.2) is 18.2 Å². The molecule has 0 aliphatic heterocycles. The maximum absolute atomic E-state index is 6.08. The third-order valence-corrected chi connectivity index (χ3v) is 4.01. The van der Waals surface area contributed by atoms with E-state index in [0.717, 1.165) is 12.1 Å². The van der Waals surface area contributed by atoms with Crippen molar-refractivity contribution in [1.82, 2.24) is 5.32 Å². The molecular formula is C12H16Cl3N. The summed E-state index contributed by atoms with van der Waals surface area (Å²) in [5.74, 6) is 0. The molecule has 1 atom stereocenters. The Morgan fingerprint density at radius 2 is 1.88 bits per heavy atom. The molecule has 0 spiro atoms. The van der Waals surface area contributed by atoms with Crippen molar-refractivity contribution in [1.29, 1.82) is 0 Å². The predicted octanol–water partition coefficient (Wildman–Crippen LogP) is 4.49. The number of halogens is 3. The predicted molar refractivity (Wildman–Crippen MR) is 72.7 cm³/mol. The molecule has 1 aromatic rings. The highest BCUT2D eigenvalue weighted by Crippen LogP contribution is 2.23. The van der Waals surface area contributed by atoms with Crippen LogP contribution in [-0.4, -0.2) is 10.9 Å². The number of rotatable bonds is 4. The van der Waals surface area contributed by atoms with Gasteiger partial charge in [0.1, 0.15) is 0 Å². The molecule has 0 amide bonds. The quantitative estimate of drug-likeness (QED) is 0.801. The van der Waals surface area contributed by atoms with Crippen LogP contribution in [0.25, 0.3) is 0 Å². The van der Waals surface area contributed by atoms with E-state index in [1.54, 1.807) is 6.07 Å². The summed E-state index contributed by atoms with van der Waals surface area (Å²) in [7, 11) is 0. The van der Waals surface area contributed by atoms with Gasteiger partial charge in [-0.25, -0.2) is 0 Å². The van der Waals surface area contributed by atoms with Crippen LogP contribution < -0.4 is 5.32 Å². The summed E-state index contributed by atoms with van der Waals surface area (Å²) in [5.41, 5.74) is 0.980. The molecular weight excluding hydrogens is 264 g/mol. The summed E-state index contributed by atoms with van der Waals surface area (Å²) in [6, 6.07) is 5.63. The fourth-order valence-corrected chi connectivity index (χ4v) is 1.52. The van der Waals surface area contributed by atoms with Crippen molar-refractivity contribution in [2.24, 2.45) is 0 Å². The van der Waals surface area contributed by atoms with Gasteiger partial charge in [0.25, 0.3) is 0 Å². The average molecular weight is 281 g/mol. The van der Waals surface area contributed by atoms with E-state index in [9.17, 15) is 0 Å². The van der Waals surface area contributed by atoms with Gasteiger partial charge in [-0.1, -0.05) is 29.3 Å². The van der Waals surface area contributed by atoms with Gasteiger partial charge in [-0.05, 0) is 38.5 Å². The molecule has 16 heavy (non-hydrogen) atoms. The average Bonchev–Trinajstić information content (AvgIpc) is 2.20. The summed E-state index contributed by atoms with van der Waals surface area (Å²) < 4.78 is 0. The molecule has 0 radical (unpaired) electrons. The van der Waals surface area contributed by atoms with Crippen molar-refractivity contribution in [2.45, 2.75) is 38.2 Å². The summed E-state index contributed by atoms with van der Waals surface area (Å²) in [4.78, 5) is 0. The molecule has 4 heteroatoms. The minimum Gasteiger partial charge on any atom is -0.306 e. The van der Waals surface area contributed by atoms with Crippen LogP contribution in [0.2, 0.25) is 10.0 Å². The van der Waals surface area contributed by atoms with Gasteiger partial charge in [0.05, 0.1) is 10.0 Å². The number of benzene rings is 1. The van der Waals surface area contributed by atoms with E-state index in [1.165, 1.54) is 0 Å². The minimum absolute atomic E-state index is 0.0512. The van der Waals surface area contributed by atoms with Gasteiger partial charge in [0.15, 0.2) is 0 Å². The molecule has 1 nitrogen and oxygen atoms in total. The first kappa shape index (κ1) is 14.1. The second-order valence-electron chi connectivity index (χ2n) is 4.44. The smallest absolute Gasteiger partial charge is 0.0595 e. The Hall–Kier alpha value is 0.0500. The fourth-order valence-electron chi connectivity index (χ4n) is 1.12. The van der Waals surface area contributed by atoms with Crippen molar-refractivity contribution in [2.75, 3.05) is 0 Å². The van der Waals surface area contributed by atoms with Crippen molar-refractivity contribution < 1.29 is 0 Å². The van der Waals surface area contributed by atoms with Gasteiger partial charge in [-0.3, -0.25) is 0 Å². The molecule has 90 valence electrons. The van der Waals surface area contributed by atoms with Crippen LogP contribution in [0, 0.1) is 0 Å². The zero-order valence-electron chi connectivity index (χ0n) is 9.65. The van der Waals surface area contributed by atoms with E-state index < -0.39 is 0 Å². The Balaban J connectivity index is 2.65. The van der Waals surface area contributed by atoms with Gasteiger partial charge >= 0.3 is 0 Å². The van der Waals surface area contributed by atoms with Crippen molar-refractivity contribution in [3.63, 3.8) is 0 Å². The SMILES string of the molecule is CC(Cl)C(C)(C)NCc1ccc(Cl)c(Cl)c1. The third-order valence-electron chi connectivity index (χ3n) is 2.73. The Labute approximate surface area is 112 Å². The number of alkyl halides is 1. The van der Waals surface area contributed by atoms with Crippen LogP contribution >= 0.6 is 34.8 Å². The van der Waals surface area contributed by atoms with Gasteiger partial charge in [0.2, 0.25) is 0 Å². The van der Waals surface area contributed by atoms with Crippen molar-refractivity contribution in [3.8, 4) is 0 Å². The second kappa shape index (κ2) is 5.59. The van der Waals surface area contributed by atoms with Crippen molar-refractivity contribution >= 4 is 34.8 Å². The standard InChI is InChI=1S/C12H16Cl3N/c1-8(13)12(2,3)16-7-9-4-5-10(14)11(15)6-9/h4-6,8,16H,7H2,1-3H3. The van der Waals surface area contributed by atoms with Crippen LogP contribution in [0.5, 0.6) is 0 Å². The topological polar surface area (TPSA) is 12.0 Å². The maximum atomic E-state index is 6.08. The second-order valence-corrected chi connectivity index (χ2v) is 5.91. The summed E-state index contributed by atoms with van der Waals surface area (Å²) in [5, 5.41) is 4.60. The zero-order valence-corrected chi connectivity index (χ0v) is 11.9. The normalized spacial score (nSPS) is 13.9. The highest BCUT2D eigenvalue weighted by molar-refractivity contribution is 6.42. The molecule has 1 unspecified atom stereocenters. The third kappa shape index (κ3) is 3.81. The van der Waals surface area contributed by atoms with E-state index in [2.05, 4.69) is 19.2 Å². The molecule has 1 aromatic carbocycles. The highest BCUT2D eigenvalue weighted by Gasteiger charge is 2.22. The molecule has 0 aliphatic carbocycles. The lowest BCUT2D eigenvalue weighted by molar-refractivity contribution is 0.380. The van der Waals surface area contributed by atoms with E-state index in [4.69, 9.17) is 34.8 Å². The first-order valence-electron chi connectivity index (χ1n) is 5.16. The minimum atomic E-state index is -0.117. The molecule has 0 bridgehead atoms. The highest BCUT2D eigenvalue weighted by atomic mass is 35.5. The Morgan fingerprint density at radius 3 is 2.38 bits per heavy atom. The molecule has 0 saturated carbocycles. The van der Waals surface area contributed by atoms with E-state index in [-0.39, 0.29) is 10.9 Å². The molecule has 0 heterocycles. The first-order chi connectivity index (χ1) is 7.33. The lowest BCUT2D eigenvalue weighted by Crippen LogP contribution is -2.45. The van der Waals surface area contributed by atoms with E-state index in [0.29, 0.717) is 10.0 Å². The summed E-state index contributed by atoms with van der Waals surface area (Å²) >= 11 is 17.9. The monoisotopic (exact) mass is 279 g/mol.